The zero-order valence-electron chi connectivity index (χ0n) is 9.87. The number of hydrogen-bond donors (Lipinski definition) is 1. The molecule has 0 amide bonds. The van der Waals surface area contributed by atoms with Crippen LogP contribution < -0.4 is 4.74 Å². The largest absolute Gasteiger partial charge is 0.467 e. The summed E-state index contributed by atoms with van der Waals surface area (Å²) in [5, 5.41) is 9.48. The first-order valence-electron chi connectivity index (χ1n) is 5.35. The molecule has 0 bridgehead atoms. The molecule has 0 aliphatic rings. The average Bonchev–Trinajstić information content (AvgIpc) is 2.47. The summed E-state index contributed by atoms with van der Waals surface area (Å²) in [5.74, 6) is 2.27. The minimum Gasteiger partial charge on any atom is -0.467 e. The molecule has 90 valence electrons. The van der Waals surface area contributed by atoms with Crippen molar-refractivity contribution in [3.63, 3.8) is 0 Å². The van der Waals surface area contributed by atoms with E-state index >= 15 is 0 Å². The maximum Gasteiger partial charge on any atom is 0.316 e. The lowest BCUT2D eigenvalue weighted by molar-refractivity contribution is 0.238. The van der Waals surface area contributed by atoms with Crippen molar-refractivity contribution in [3.8, 4) is 29.5 Å². The second-order valence-electron chi connectivity index (χ2n) is 3.65. The van der Waals surface area contributed by atoms with Crippen LogP contribution in [0.2, 0.25) is 0 Å². The van der Waals surface area contributed by atoms with Crippen molar-refractivity contribution in [1.29, 1.82) is 0 Å². The van der Waals surface area contributed by atoms with Gasteiger partial charge in [-0.2, -0.15) is 0 Å². The number of aliphatic hydroxyl groups is 1. The molecule has 0 saturated carbocycles. The van der Waals surface area contributed by atoms with Gasteiger partial charge in [-0.15, -0.1) is 6.42 Å². The van der Waals surface area contributed by atoms with Gasteiger partial charge in [-0.05, 0) is 11.1 Å². The molecule has 0 aliphatic heterocycles. The molecule has 1 unspecified atom stereocenters. The first-order chi connectivity index (χ1) is 8.74. The molecule has 0 spiro atoms. The number of rotatable bonds is 3. The summed E-state index contributed by atoms with van der Waals surface area (Å²) in [6, 6.07) is 7.62. The summed E-state index contributed by atoms with van der Waals surface area (Å²) in [6.07, 6.45) is 7.64. The Bertz CT molecular complexity index is 556. The summed E-state index contributed by atoms with van der Waals surface area (Å²) in [6.45, 7) is 0. The van der Waals surface area contributed by atoms with Crippen molar-refractivity contribution in [2.24, 2.45) is 0 Å². The normalized spacial score (nSPS) is 11.6. The van der Waals surface area contributed by atoms with Crippen LogP contribution >= 0.6 is 0 Å². The number of aromatic nitrogens is 2. The molecule has 1 heterocycles. The van der Waals surface area contributed by atoms with Gasteiger partial charge in [0.25, 0.3) is 0 Å². The van der Waals surface area contributed by atoms with Gasteiger partial charge in [0.1, 0.15) is 6.10 Å². The SMILES string of the molecule is C#CC(O)c1ccc(-c2cnc(OC)nc2)cc1. The van der Waals surface area contributed by atoms with Crippen LogP contribution in [0.15, 0.2) is 36.7 Å². The second kappa shape index (κ2) is 5.30. The molecule has 0 fully saturated rings. The lowest BCUT2D eigenvalue weighted by atomic mass is 10.0. The summed E-state index contributed by atoms with van der Waals surface area (Å²) in [7, 11) is 1.52. The standard InChI is InChI=1S/C14H12N2O2/c1-3-13(17)11-6-4-10(5-7-11)12-8-15-14(18-2)16-9-12/h1,4-9,13,17H,2H3. The predicted molar refractivity (Wildman–Crippen MR) is 67.8 cm³/mol. The average molecular weight is 240 g/mol. The number of hydrogen-bond acceptors (Lipinski definition) is 4. The minimum absolute atomic E-state index is 0.332. The van der Waals surface area contributed by atoms with Gasteiger partial charge < -0.3 is 9.84 Å². The Balaban J connectivity index is 2.26. The predicted octanol–water partition coefficient (Wildman–Crippen LogP) is 1.82. The Hall–Kier alpha value is -2.38. The number of nitrogens with zero attached hydrogens (tertiary/aromatic N) is 2. The molecular weight excluding hydrogens is 228 g/mol. The van der Waals surface area contributed by atoms with E-state index in [9.17, 15) is 5.11 Å². The van der Waals surface area contributed by atoms with E-state index in [0.29, 0.717) is 11.6 Å². The van der Waals surface area contributed by atoms with E-state index in [1.54, 1.807) is 24.5 Å². The van der Waals surface area contributed by atoms with Crippen LogP contribution in [0.4, 0.5) is 0 Å². The van der Waals surface area contributed by atoms with E-state index in [1.807, 2.05) is 12.1 Å². The van der Waals surface area contributed by atoms with E-state index < -0.39 is 6.10 Å². The Morgan fingerprint density at radius 3 is 2.28 bits per heavy atom. The molecule has 1 aromatic heterocycles. The number of ether oxygens (including phenoxy) is 1. The molecule has 0 radical (unpaired) electrons. The van der Waals surface area contributed by atoms with Gasteiger partial charge in [0, 0.05) is 18.0 Å². The lowest BCUT2D eigenvalue weighted by Gasteiger charge is -2.06. The third-order valence-corrected chi connectivity index (χ3v) is 2.53. The number of benzene rings is 1. The smallest absolute Gasteiger partial charge is 0.316 e. The van der Waals surface area contributed by atoms with E-state index in [-0.39, 0.29) is 0 Å². The van der Waals surface area contributed by atoms with Crippen molar-refractivity contribution in [2.45, 2.75) is 6.10 Å². The Kier molecular flexibility index (Phi) is 3.56. The van der Waals surface area contributed by atoms with Crippen molar-refractivity contribution >= 4 is 0 Å². The molecule has 18 heavy (non-hydrogen) atoms. The summed E-state index contributed by atoms with van der Waals surface area (Å²) in [5.41, 5.74) is 2.51. The van der Waals surface area contributed by atoms with Crippen LogP contribution in [0.5, 0.6) is 6.01 Å². The molecule has 2 rings (SSSR count). The topological polar surface area (TPSA) is 55.2 Å². The van der Waals surface area contributed by atoms with Gasteiger partial charge in [0.15, 0.2) is 0 Å². The molecule has 0 aliphatic carbocycles. The Morgan fingerprint density at radius 2 is 1.78 bits per heavy atom. The maximum atomic E-state index is 9.48. The third kappa shape index (κ3) is 2.47. The number of methoxy groups -OCH3 is 1. The van der Waals surface area contributed by atoms with E-state index in [2.05, 4.69) is 15.9 Å². The summed E-state index contributed by atoms with van der Waals surface area (Å²) < 4.78 is 4.89. The lowest BCUT2D eigenvalue weighted by Crippen LogP contribution is -1.94. The van der Waals surface area contributed by atoms with Crippen molar-refractivity contribution in [2.75, 3.05) is 7.11 Å². The molecule has 1 N–H and O–H groups in total. The van der Waals surface area contributed by atoms with Crippen LogP contribution in [0.25, 0.3) is 11.1 Å². The van der Waals surface area contributed by atoms with Crippen LogP contribution in [0.1, 0.15) is 11.7 Å². The molecule has 1 atom stereocenters. The van der Waals surface area contributed by atoms with Crippen LogP contribution in [-0.2, 0) is 0 Å². The molecular formula is C14H12N2O2. The maximum absolute atomic E-state index is 9.48. The van der Waals surface area contributed by atoms with Gasteiger partial charge >= 0.3 is 6.01 Å². The van der Waals surface area contributed by atoms with Gasteiger partial charge in [-0.3, -0.25) is 0 Å². The molecule has 0 saturated heterocycles. The quantitative estimate of drug-likeness (QED) is 0.831. The van der Waals surface area contributed by atoms with Crippen LogP contribution in [0.3, 0.4) is 0 Å². The van der Waals surface area contributed by atoms with Gasteiger partial charge in [0.2, 0.25) is 0 Å². The van der Waals surface area contributed by atoms with Crippen molar-refractivity contribution < 1.29 is 9.84 Å². The molecule has 2 aromatic rings. The van der Waals surface area contributed by atoms with Crippen LogP contribution in [0, 0.1) is 12.3 Å². The zero-order chi connectivity index (χ0) is 13.0. The van der Waals surface area contributed by atoms with Gasteiger partial charge in [-0.25, -0.2) is 9.97 Å². The van der Waals surface area contributed by atoms with Crippen LogP contribution in [-0.4, -0.2) is 22.2 Å². The van der Waals surface area contributed by atoms with E-state index in [1.165, 1.54) is 7.11 Å². The first kappa shape index (κ1) is 12.1. The first-order valence-corrected chi connectivity index (χ1v) is 5.35. The zero-order valence-corrected chi connectivity index (χ0v) is 9.87. The van der Waals surface area contributed by atoms with Crippen molar-refractivity contribution in [3.05, 3.63) is 42.2 Å². The molecule has 1 aromatic carbocycles. The highest BCUT2D eigenvalue weighted by molar-refractivity contribution is 5.62. The highest BCUT2D eigenvalue weighted by Crippen LogP contribution is 2.21. The van der Waals surface area contributed by atoms with Crippen molar-refractivity contribution in [1.82, 2.24) is 9.97 Å². The number of terminal acetylenes is 1. The minimum atomic E-state index is -0.869. The van der Waals surface area contributed by atoms with E-state index in [0.717, 1.165) is 11.1 Å². The fourth-order valence-corrected chi connectivity index (χ4v) is 1.52. The van der Waals surface area contributed by atoms with E-state index in [4.69, 9.17) is 11.2 Å². The Labute approximate surface area is 105 Å². The highest BCUT2D eigenvalue weighted by Gasteiger charge is 2.04. The Morgan fingerprint density at radius 1 is 1.17 bits per heavy atom. The summed E-state index contributed by atoms with van der Waals surface area (Å²) >= 11 is 0. The molecule has 4 heteroatoms. The third-order valence-electron chi connectivity index (χ3n) is 2.53. The van der Waals surface area contributed by atoms with Gasteiger partial charge in [-0.1, -0.05) is 30.2 Å². The summed E-state index contributed by atoms with van der Waals surface area (Å²) in [4.78, 5) is 8.06. The van der Waals surface area contributed by atoms with Gasteiger partial charge in [0.05, 0.1) is 7.11 Å². The number of aliphatic hydroxyl groups excluding tert-OH is 1. The second-order valence-corrected chi connectivity index (χ2v) is 3.65. The fraction of sp³-hybridized carbons (Fsp3) is 0.143. The fourth-order valence-electron chi connectivity index (χ4n) is 1.52. The molecule has 4 nitrogen and oxygen atoms in total. The highest BCUT2D eigenvalue weighted by atomic mass is 16.5. The monoisotopic (exact) mass is 240 g/mol.